The van der Waals surface area contributed by atoms with E-state index in [4.69, 9.17) is 0 Å². The molecule has 2 heteroatoms. The summed E-state index contributed by atoms with van der Waals surface area (Å²) < 4.78 is 0. The Hall–Kier alpha value is -1.02. The molecule has 2 atom stereocenters. The molecule has 1 aliphatic heterocycles. The third-order valence-electron chi connectivity index (χ3n) is 4.31. The Labute approximate surface area is 124 Å². The average molecular weight is 274 g/mol. The molecule has 1 aromatic carbocycles. The molecule has 0 amide bonds. The molecule has 1 aliphatic rings. The molecule has 112 valence electrons. The highest BCUT2D eigenvalue weighted by Crippen LogP contribution is 2.30. The molecule has 0 fully saturated rings. The molecule has 2 unspecified atom stereocenters. The Kier molecular flexibility index (Phi) is 5.90. The first-order chi connectivity index (χ1) is 9.72. The van der Waals surface area contributed by atoms with Gasteiger partial charge in [0.25, 0.3) is 0 Å². The van der Waals surface area contributed by atoms with Crippen molar-refractivity contribution in [1.82, 2.24) is 5.32 Å². The van der Waals surface area contributed by atoms with Crippen LogP contribution in [0, 0.1) is 5.92 Å². The Morgan fingerprint density at radius 2 is 2.10 bits per heavy atom. The van der Waals surface area contributed by atoms with Gasteiger partial charge in [-0.1, -0.05) is 44.9 Å². The van der Waals surface area contributed by atoms with Crippen LogP contribution in [0.4, 0.5) is 5.69 Å². The molecule has 1 N–H and O–H groups in total. The summed E-state index contributed by atoms with van der Waals surface area (Å²) in [6.45, 7) is 10.4. The van der Waals surface area contributed by atoms with E-state index in [1.165, 1.54) is 43.5 Å². The predicted molar refractivity (Wildman–Crippen MR) is 88.5 cm³/mol. The molecule has 20 heavy (non-hydrogen) atoms. The van der Waals surface area contributed by atoms with Crippen LogP contribution in [0.5, 0.6) is 0 Å². The minimum absolute atomic E-state index is 0.570. The highest BCUT2D eigenvalue weighted by atomic mass is 15.2. The van der Waals surface area contributed by atoms with Crippen molar-refractivity contribution in [1.29, 1.82) is 0 Å². The SMILES string of the molecule is CCCCCNCC(C)N1CC(C)Cc2ccccc21. The zero-order valence-corrected chi connectivity index (χ0v) is 13.4. The number of hydrogen-bond donors (Lipinski definition) is 1. The van der Waals surface area contributed by atoms with E-state index < -0.39 is 0 Å². The van der Waals surface area contributed by atoms with Crippen molar-refractivity contribution in [2.75, 3.05) is 24.5 Å². The van der Waals surface area contributed by atoms with Crippen LogP contribution in [0.2, 0.25) is 0 Å². The fourth-order valence-corrected chi connectivity index (χ4v) is 3.18. The van der Waals surface area contributed by atoms with Crippen molar-refractivity contribution in [2.24, 2.45) is 5.92 Å². The maximum atomic E-state index is 3.62. The molecule has 1 heterocycles. The summed E-state index contributed by atoms with van der Waals surface area (Å²) in [4.78, 5) is 2.59. The van der Waals surface area contributed by atoms with Gasteiger partial charge < -0.3 is 10.2 Å². The van der Waals surface area contributed by atoms with Crippen molar-refractivity contribution in [3.05, 3.63) is 29.8 Å². The van der Waals surface area contributed by atoms with Crippen molar-refractivity contribution < 1.29 is 0 Å². The summed E-state index contributed by atoms with van der Waals surface area (Å²) in [6, 6.07) is 9.49. The van der Waals surface area contributed by atoms with Gasteiger partial charge in [-0.2, -0.15) is 0 Å². The van der Waals surface area contributed by atoms with E-state index in [-0.39, 0.29) is 0 Å². The predicted octanol–water partition coefficient (Wildman–Crippen LogP) is 3.85. The molecule has 2 rings (SSSR count). The van der Waals surface area contributed by atoms with Crippen LogP contribution in [0.25, 0.3) is 0 Å². The molecule has 0 aromatic heterocycles. The summed E-state index contributed by atoms with van der Waals surface area (Å²) >= 11 is 0. The molecule has 0 bridgehead atoms. The van der Waals surface area contributed by atoms with Gasteiger partial charge in [-0.25, -0.2) is 0 Å². The summed E-state index contributed by atoms with van der Waals surface area (Å²) in [5.74, 6) is 0.757. The third kappa shape index (κ3) is 3.99. The molecular formula is C18H30N2. The van der Waals surface area contributed by atoms with E-state index in [0.717, 1.165) is 19.0 Å². The second kappa shape index (κ2) is 7.68. The number of para-hydroxylation sites is 1. The molecule has 0 radical (unpaired) electrons. The molecule has 0 aliphatic carbocycles. The van der Waals surface area contributed by atoms with Gasteiger partial charge in [-0.05, 0) is 43.9 Å². The largest absolute Gasteiger partial charge is 0.367 e. The van der Waals surface area contributed by atoms with Gasteiger partial charge in [0, 0.05) is 24.8 Å². The number of nitrogens with one attached hydrogen (secondary N) is 1. The van der Waals surface area contributed by atoms with Gasteiger partial charge in [-0.15, -0.1) is 0 Å². The number of unbranched alkanes of at least 4 members (excludes halogenated alkanes) is 2. The fourth-order valence-electron chi connectivity index (χ4n) is 3.18. The smallest absolute Gasteiger partial charge is 0.0401 e. The number of benzene rings is 1. The molecule has 0 saturated carbocycles. The average Bonchev–Trinajstić information content (AvgIpc) is 2.46. The minimum Gasteiger partial charge on any atom is -0.367 e. The van der Waals surface area contributed by atoms with Gasteiger partial charge in [0.05, 0.1) is 0 Å². The maximum absolute atomic E-state index is 3.62. The lowest BCUT2D eigenvalue weighted by Crippen LogP contribution is -2.45. The van der Waals surface area contributed by atoms with Crippen molar-refractivity contribution >= 4 is 5.69 Å². The maximum Gasteiger partial charge on any atom is 0.0401 e. The van der Waals surface area contributed by atoms with Crippen LogP contribution in [0.3, 0.4) is 0 Å². The van der Waals surface area contributed by atoms with Gasteiger partial charge in [-0.3, -0.25) is 0 Å². The van der Waals surface area contributed by atoms with Gasteiger partial charge >= 0.3 is 0 Å². The first kappa shape index (κ1) is 15.4. The summed E-state index contributed by atoms with van der Waals surface area (Å²) in [5.41, 5.74) is 2.97. The van der Waals surface area contributed by atoms with Crippen LogP contribution >= 0.6 is 0 Å². The summed E-state index contributed by atoms with van der Waals surface area (Å²) in [7, 11) is 0. The monoisotopic (exact) mass is 274 g/mol. The summed E-state index contributed by atoms with van der Waals surface area (Å²) in [6.07, 6.45) is 5.17. The third-order valence-corrected chi connectivity index (χ3v) is 4.31. The minimum atomic E-state index is 0.570. The van der Waals surface area contributed by atoms with E-state index in [1.807, 2.05) is 0 Å². The van der Waals surface area contributed by atoms with Crippen molar-refractivity contribution in [3.8, 4) is 0 Å². The van der Waals surface area contributed by atoms with Crippen LogP contribution < -0.4 is 10.2 Å². The summed E-state index contributed by atoms with van der Waals surface area (Å²) in [5, 5.41) is 3.62. The van der Waals surface area contributed by atoms with Crippen LogP contribution in [-0.2, 0) is 6.42 Å². The molecule has 1 aromatic rings. The highest BCUT2D eigenvalue weighted by Gasteiger charge is 2.24. The Balaban J connectivity index is 1.91. The zero-order chi connectivity index (χ0) is 14.4. The van der Waals surface area contributed by atoms with E-state index >= 15 is 0 Å². The van der Waals surface area contributed by atoms with Crippen molar-refractivity contribution in [3.63, 3.8) is 0 Å². The number of nitrogens with zero attached hydrogens (tertiary/aromatic N) is 1. The fraction of sp³-hybridized carbons (Fsp3) is 0.667. The Bertz CT molecular complexity index is 402. The van der Waals surface area contributed by atoms with E-state index in [0.29, 0.717) is 6.04 Å². The number of hydrogen-bond acceptors (Lipinski definition) is 2. The lowest BCUT2D eigenvalue weighted by Gasteiger charge is -2.39. The topological polar surface area (TPSA) is 15.3 Å². The molecule has 0 saturated heterocycles. The lowest BCUT2D eigenvalue weighted by atomic mass is 9.93. The second-order valence-electron chi connectivity index (χ2n) is 6.35. The van der Waals surface area contributed by atoms with Gasteiger partial charge in [0.2, 0.25) is 0 Å². The number of fused-ring (bicyclic) bond motifs is 1. The molecular weight excluding hydrogens is 244 g/mol. The first-order valence-electron chi connectivity index (χ1n) is 8.27. The van der Waals surface area contributed by atoms with Crippen LogP contribution in [0.15, 0.2) is 24.3 Å². The van der Waals surface area contributed by atoms with E-state index in [1.54, 1.807) is 0 Å². The second-order valence-corrected chi connectivity index (χ2v) is 6.35. The standard InChI is InChI=1S/C18H30N2/c1-4-5-8-11-19-13-16(3)20-14-15(2)12-17-9-6-7-10-18(17)20/h6-7,9-10,15-16,19H,4-5,8,11-14H2,1-3H3. The molecule has 2 nitrogen and oxygen atoms in total. The first-order valence-corrected chi connectivity index (χ1v) is 8.27. The quantitative estimate of drug-likeness (QED) is 0.760. The normalized spacial score (nSPS) is 19.8. The van der Waals surface area contributed by atoms with Crippen LogP contribution in [0.1, 0.15) is 45.6 Å². The number of rotatable bonds is 7. The Morgan fingerprint density at radius 1 is 1.30 bits per heavy atom. The van der Waals surface area contributed by atoms with Crippen molar-refractivity contribution in [2.45, 2.75) is 52.5 Å². The van der Waals surface area contributed by atoms with E-state index in [9.17, 15) is 0 Å². The van der Waals surface area contributed by atoms with Gasteiger partial charge in [0.1, 0.15) is 0 Å². The highest BCUT2D eigenvalue weighted by molar-refractivity contribution is 5.56. The van der Waals surface area contributed by atoms with E-state index in [2.05, 4.69) is 55.3 Å². The van der Waals surface area contributed by atoms with Crippen LogP contribution in [-0.4, -0.2) is 25.7 Å². The zero-order valence-electron chi connectivity index (χ0n) is 13.4. The Morgan fingerprint density at radius 3 is 2.90 bits per heavy atom. The van der Waals surface area contributed by atoms with Gasteiger partial charge in [0.15, 0.2) is 0 Å². The number of anilines is 1. The molecule has 0 spiro atoms. The lowest BCUT2D eigenvalue weighted by molar-refractivity contribution is 0.473.